The SMILES string of the molecule is COc1cccc([C@@H]2c3[nH]c4ccccc4c3C[C@H]3C(=O)N(c4ccccc4C(=O)[O-])C(=O)N23)c1. The lowest BCUT2D eigenvalue weighted by molar-refractivity contribution is -0.254. The highest BCUT2D eigenvalue weighted by molar-refractivity contribution is 6.23. The van der Waals surface area contributed by atoms with Gasteiger partial charge in [0.1, 0.15) is 17.8 Å². The second-order valence-electron chi connectivity index (χ2n) is 8.63. The van der Waals surface area contributed by atoms with Crippen LogP contribution in [0.2, 0.25) is 0 Å². The Labute approximate surface area is 200 Å². The third kappa shape index (κ3) is 3.03. The van der Waals surface area contributed by atoms with E-state index in [1.54, 1.807) is 18.1 Å². The Morgan fingerprint density at radius 2 is 1.80 bits per heavy atom. The second kappa shape index (κ2) is 7.73. The van der Waals surface area contributed by atoms with Crippen molar-refractivity contribution in [1.29, 1.82) is 0 Å². The van der Waals surface area contributed by atoms with Gasteiger partial charge in [-0.25, -0.2) is 9.69 Å². The number of anilines is 1. The Balaban J connectivity index is 1.56. The number of H-pyrrole nitrogens is 1. The lowest BCUT2D eigenvalue weighted by Crippen LogP contribution is -2.44. The molecular formula is C27H20N3O5-. The number of imide groups is 1. The number of rotatable bonds is 4. The summed E-state index contributed by atoms with van der Waals surface area (Å²) >= 11 is 0. The van der Waals surface area contributed by atoms with Gasteiger partial charge in [-0.15, -0.1) is 0 Å². The van der Waals surface area contributed by atoms with E-state index in [9.17, 15) is 19.5 Å². The molecular weight excluding hydrogens is 446 g/mol. The number of benzene rings is 3. The zero-order chi connectivity index (χ0) is 24.3. The average Bonchev–Trinajstić information content (AvgIpc) is 3.37. The molecule has 8 heteroatoms. The Hall–Kier alpha value is -4.59. The fourth-order valence-corrected chi connectivity index (χ4v) is 5.30. The normalized spacial score (nSPS) is 19.1. The number of nitrogens with one attached hydrogen (secondary N) is 1. The Morgan fingerprint density at radius 3 is 2.60 bits per heavy atom. The lowest BCUT2D eigenvalue weighted by atomic mass is 9.89. The van der Waals surface area contributed by atoms with E-state index in [2.05, 4.69) is 4.98 Å². The monoisotopic (exact) mass is 466 g/mol. The van der Waals surface area contributed by atoms with Crippen LogP contribution in [0.5, 0.6) is 5.75 Å². The van der Waals surface area contributed by atoms with Gasteiger partial charge < -0.3 is 19.6 Å². The first-order valence-corrected chi connectivity index (χ1v) is 11.2. The molecule has 1 saturated heterocycles. The zero-order valence-electron chi connectivity index (χ0n) is 18.7. The van der Waals surface area contributed by atoms with Crippen molar-refractivity contribution in [3.63, 3.8) is 0 Å². The van der Waals surface area contributed by atoms with Gasteiger partial charge in [0.05, 0.1) is 18.8 Å². The molecule has 0 bridgehead atoms. The van der Waals surface area contributed by atoms with Gasteiger partial charge in [-0.2, -0.15) is 0 Å². The summed E-state index contributed by atoms with van der Waals surface area (Å²) in [5, 5.41) is 12.7. The molecule has 6 rings (SSSR count). The molecule has 3 aromatic carbocycles. The summed E-state index contributed by atoms with van der Waals surface area (Å²) in [6.45, 7) is 0. The summed E-state index contributed by atoms with van der Waals surface area (Å²) in [5.41, 5.74) is 3.28. The lowest BCUT2D eigenvalue weighted by Gasteiger charge is -2.36. The van der Waals surface area contributed by atoms with E-state index < -0.39 is 30.0 Å². The van der Waals surface area contributed by atoms with Crippen molar-refractivity contribution in [2.24, 2.45) is 0 Å². The van der Waals surface area contributed by atoms with E-state index >= 15 is 0 Å². The maximum absolute atomic E-state index is 13.9. The van der Waals surface area contributed by atoms with Gasteiger partial charge in [-0.05, 0) is 35.4 Å². The first kappa shape index (κ1) is 21.0. The van der Waals surface area contributed by atoms with Crippen LogP contribution in [0, 0.1) is 0 Å². The average molecular weight is 466 g/mol. The van der Waals surface area contributed by atoms with Gasteiger partial charge in [-0.1, -0.05) is 48.5 Å². The highest BCUT2D eigenvalue weighted by Crippen LogP contribution is 2.45. The summed E-state index contributed by atoms with van der Waals surface area (Å²) < 4.78 is 5.42. The highest BCUT2D eigenvalue weighted by atomic mass is 16.5. The van der Waals surface area contributed by atoms with E-state index in [4.69, 9.17) is 4.74 Å². The largest absolute Gasteiger partial charge is 0.545 e. The molecule has 0 unspecified atom stereocenters. The molecule has 0 spiro atoms. The van der Waals surface area contributed by atoms with Gasteiger partial charge in [-0.3, -0.25) is 9.69 Å². The van der Waals surface area contributed by atoms with Crippen molar-refractivity contribution in [1.82, 2.24) is 9.88 Å². The molecule has 0 saturated carbocycles. The number of hydrogen-bond donors (Lipinski definition) is 1. The summed E-state index contributed by atoms with van der Waals surface area (Å²) in [6.07, 6.45) is 0.314. The number of aromatic amines is 1. The first-order chi connectivity index (χ1) is 17.0. The third-order valence-corrected chi connectivity index (χ3v) is 6.82. The van der Waals surface area contributed by atoms with Crippen LogP contribution in [0.4, 0.5) is 10.5 Å². The molecule has 8 nitrogen and oxygen atoms in total. The van der Waals surface area contributed by atoms with E-state index in [-0.39, 0.29) is 11.3 Å². The Kier molecular flexibility index (Phi) is 4.63. The van der Waals surface area contributed by atoms with Gasteiger partial charge in [0.25, 0.3) is 5.91 Å². The van der Waals surface area contributed by atoms with Gasteiger partial charge in [0.15, 0.2) is 0 Å². The number of urea groups is 1. The Morgan fingerprint density at radius 1 is 1.03 bits per heavy atom. The standard InChI is InChI=1S/C27H21N3O5/c1-35-16-8-6-7-15(13-16)24-23-19(17-9-2-4-11-20(17)28-23)14-22-25(31)30(27(34)29(22)24)21-12-5-3-10-18(21)26(32)33/h2-13,22,24,28H,14H2,1H3,(H,32,33)/p-1/t22-,24+/m0/s1. The number of amides is 3. The van der Waals surface area contributed by atoms with E-state index in [1.165, 1.54) is 18.2 Å². The number of carboxylic acids is 1. The molecule has 0 aliphatic carbocycles. The summed E-state index contributed by atoms with van der Waals surface area (Å²) in [4.78, 5) is 45.3. The fraction of sp³-hybridized carbons (Fsp3) is 0.148. The van der Waals surface area contributed by atoms with Crippen molar-refractivity contribution in [2.45, 2.75) is 18.5 Å². The molecule has 1 aromatic heterocycles. The van der Waals surface area contributed by atoms with E-state index in [0.29, 0.717) is 12.2 Å². The van der Waals surface area contributed by atoms with Crippen LogP contribution in [0.1, 0.15) is 33.2 Å². The minimum atomic E-state index is -1.45. The van der Waals surface area contributed by atoms with Crippen LogP contribution < -0.4 is 14.7 Å². The van der Waals surface area contributed by atoms with E-state index in [1.807, 2.05) is 48.5 Å². The number of aromatic carboxylic acids is 1. The number of nitrogens with zero attached hydrogens (tertiary/aromatic N) is 2. The second-order valence-corrected chi connectivity index (χ2v) is 8.63. The molecule has 0 radical (unpaired) electrons. The molecule has 4 aromatic rings. The Bertz CT molecular complexity index is 1520. The molecule has 2 aliphatic rings. The first-order valence-electron chi connectivity index (χ1n) is 11.2. The number of carbonyl (C=O) groups excluding carboxylic acids is 3. The fourth-order valence-electron chi connectivity index (χ4n) is 5.30. The van der Waals surface area contributed by atoms with Crippen LogP contribution in [-0.2, 0) is 11.2 Å². The molecule has 1 fully saturated rings. The molecule has 2 atom stereocenters. The molecule has 35 heavy (non-hydrogen) atoms. The van der Waals surface area contributed by atoms with E-state index in [0.717, 1.165) is 32.6 Å². The highest BCUT2D eigenvalue weighted by Gasteiger charge is 2.53. The number of aromatic nitrogens is 1. The molecule has 1 N–H and O–H groups in total. The third-order valence-electron chi connectivity index (χ3n) is 6.82. The summed E-state index contributed by atoms with van der Waals surface area (Å²) in [6, 6.07) is 19.2. The molecule has 174 valence electrons. The van der Waals surface area contributed by atoms with Crippen molar-refractivity contribution in [3.8, 4) is 5.75 Å². The van der Waals surface area contributed by atoms with Gasteiger partial charge in [0.2, 0.25) is 0 Å². The summed E-state index contributed by atoms with van der Waals surface area (Å²) in [5.74, 6) is -1.29. The van der Waals surface area contributed by atoms with Crippen LogP contribution in [0.25, 0.3) is 10.9 Å². The molecule has 3 heterocycles. The zero-order valence-corrected chi connectivity index (χ0v) is 18.7. The topological polar surface area (TPSA) is 106 Å². The number of carboxylic acid groups (broad SMARTS) is 1. The van der Waals surface area contributed by atoms with Gasteiger partial charge >= 0.3 is 6.03 Å². The van der Waals surface area contributed by atoms with Crippen molar-refractivity contribution in [2.75, 3.05) is 12.0 Å². The maximum atomic E-state index is 13.9. The number of carbonyl (C=O) groups is 3. The minimum Gasteiger partial charge on any atom is -0.545 e. The number of methoxy groups -OCH3 is 1. The molecule has 2 aliphatic heterocycles. The van der Waals surface area contributed by atoms with Crippen LogP contribution in [-0.4, -0.2) is 40.9 Å². The van der Waals surface area contributed by atoms with Crippen LogP contribution in [0.15, 0.2) is 72.8 Å². The number of hydrogen-bond acceptors (Lipinski definition) is 5. The number of fused-ring (bicyclic) bond motifs is 4. The van der Waals surface area contributed by atoms with Gasteiger partial charge in [0, 0.05) is 28.6 Å². The molecule has 3 amide bonds. The summed E-state index contributed by atoms with van der Waals surface area (Å²) in [7, 11) is 1.57. The predicted molar refractivity (Wildman–Crippen MR) is 126 cm³/mol. The minimum absolute atomic E-state index is 0.00908. The number of para-hydroxylation sites is 2. The predicted octanol–water partition coefficient (Wildman–Crippen LogP) is 3.02. The smallest absolute Gasteiger partial charge is 0.332 e. The van der Waals surface area contributed by atoms with Crippen LogP contribution in [0.3, 0.4) is 0 Å². The maximum Gasteiger partial charge on any atom is 0.332 e. The quantitative estimate of drug-likeness (QED) is 0.466. The van der Waals surface area contributed by atoms with Crippen LogP contribution >= 0.6 is 0 Å². The van der Waals surface area contributed by atoms with Crippen molar-refractivity contribution >= 4 is 34.5 Å². The number of ether oxygens (including phenoxy) is 1. The van der Waals surface area contributed by atoms with Crippen molar-refractivity contribution in [3.05, 3.63) is 95.2 Å². The van der Waals surface area contributed by atoms with Crippen molar-refractivity contribution < 1.29 is 24.2 Å².